The molecule has 7 heteroatoms. The van der Waals surface area contributed by atoms with Crippen LogP contribution in [0.4, 0.5) is 0 Å². The van der Waals surface area contributed by atoms with Gasteiger partial charge in [0.2, 0.25) is 0 Å². The smallest absolute Gasteiger partial charge is 0.460 e. The number of ether oxygens (including phenoxy) is 2. The van der Waals surface area contributed by atoms with E-state index in [-0.39, 0.29) is 6.61 Å². The van der Waals surface area contributed by atoms with Gasteiger partial charge in [-0.2, -0.15) is 0 Å². The fourth-order valence-electron chi connectivity index (χ4n) is 2.35. The first-order chi connectivity index (χ1) is 11.1. The van der Waals surface area contributed by atoms with Crippen LogP contribution in [-0.2, 0) is 14.0 Å². The zero-order valence-electron chi connectivity index (χ0n) is 14.9. The minimum atomic E-state index is -0.722. The van der Waals surface area contributed by atoms with Crippen LogP contribution in [-0.4, -0.2) is 49.2 Å². The van der Waals surface area contributed by atoms with Gasteiger partial charge in [-0.05, 0) is 52.0 Å². The maximum atomic E-state index is 11.4. The summed E-state index contributed by atoms with van der Waals surface area (Å²) in [6.45, 7) is 8.00. The van der Waals surface area contributed by atoms with Crippen molar-refractivity contribution >= 4 is 13.1 Å². The van der Waals surface area contributed by atoms with Crippen molar-refractivity contribution in [3.63, 3.8) is 0 Å². The second-order valence-electron chi connectivity index (χ2n) is 6.90. The lowest BCUT2D eigenvalue weighted by Gasteiger charge is -2.32. The largest absolute Gasteiger partial charge is 0.491 e. The Hall–Kier alpha value is -1.57. The number of carbonyl (C=O) groups excluding carboxylic acids is 1. The molecule has 6 nitrogen and oxygen atoms in total. The molecule has 1 unspecified atom stereocenters. The number of methoxy groups -OCH3 is 1. The molecule has 1 atom stereocenters. The Balaban J connectivity index is 1.81. The molecule has 0 spiro atoms. The zero-order chi connectivity index (χ0) is 18.0. The van der Waals surface area contributed by atoms with E-state index in [2.05, 4.69) is 4.74 Å². The Bertz CT molecular complexity index is 553. The second kappa shape index (κ2) is 7.13. The van der Waals surface area contributed by atoms with Crippen molar-refractivity contribution in [2.24, 2.45) is 0 Å². The van der Waals surface area contributed by atoms with Crippen LogP contribution in [0, 0.1) is 0 Å². The van der Waals surface area contributed by atoms with Gasteiger partial charge in [-0.15, -0.1) is 0 Å². The summed E-state index contributed by atoms with van der Waals surface area (Å²) in [6.07, 6.45) is -0.396. The van der Waals surface area contributed by atoms with Crippen molar-refractivity contribution in [1.82, 2.24) is 0 Å². The molecule has 1 aromatic rings. The molecular formula is C17H25BO6. The molecule has 1 aliphatic rings. The summed E-state index contributed by atoms with van der Waals surface area (Å²) < 4.78 is 21.9. The van der Waals surface area contributed by atoms with Crippen LogP contribution in [0.1, 0.15) is 38.1 Å². The van der Waals surface area contributed by atoms with Gasteiger partial charge >= 0.3 is 13.1 Å². The number of carbonyl (C=O) groups is 1. The van der Waals surface area contributed by atoms with E-state index < -0.39 is 30.4 Å². The monoisotopic (exact) mass is 336 g/mol. The van der Waals surface area contributed by atoms with Crippen LogP contribution < -0.4 is 4.74 Å². The molecule has 2 rings (SSSR count). The lowest BCUT2D eigenvalue weighted by Crippen LogP contribution is -2.41. The summed E-state index contributed by atoms with van der Waals surface area (Å²) in [6, 6.07) is 6.55. The zero-order valence-corrected chi connectivity index (χ0v) is 14.9. The average molecular weight is 336 g/mol. The highest BCUT2D eigenvalue weighted by Crippen LogP contribution is 2.37. The maximum absolute atomic E-state index is 11.4. The molecule has 0 saturated carbocycles. The van der Waals surface area contributed by atoms with Crippen LogP contribution in [0.25, 0.3) is 0 Å². The molecular weight excluding hydrogens is 311 g/mol. The van der Waals surface area contributed by atoms with E-state index in [9.17, 15) is 9.90 Å². The van der Waals surface area contributed by atoms with Crippen LogP contribution in [0.15, 0.2) is 24.3 Å². The molecule has 1 fully saturated rings. The fraction of sp³-hybridized carbons (Fsp3) is 0.588. The van der Waals surface area contributed by atoms with Crippen LogP contribution in [0.3, 0.4) is 0 Å². The molecule has 1 saturated heterocycles. The van der Waals surface area contributed by atoms with Crippen molar-refractivity contribution in [1.29, 1.82) is 0 Å². The van der Waals surface area contributed by atoms with E-state index in [0.717, 1.165) is 0 Å². The Morgan fingerprint density at radius 2 is 1.71 bits per heavy atom. The molecule has 0 amide bonds. The summed E-state index contributed by atoms with van der Waals surface area (Å²) in [5, 5.41) is 10.1. The minimum Gasteiger partial charge on any atom is -0.491 e. The van der Waals surface area contributed by atoms with Crippen LogP contribution in [0.5, 0.6) is 5.75 Å². The first-order valence-electron chi connectivity index (χ1n) is 7.99. The standard InChI is InChI=1S/C17H25BO6/c1-16(2)17(3,4)24-18(23-16)10-13(19)11-22-14-8-6-12(7-9-14)15(20)21-5/h6-9,13,19H,10-11H2,1-5H3. The van der Waals surface area contributed by atoms with Crippen molar-refractivity contribution < 1.29 is 28.7 Å². The van der Waals surface area contributed by atoms with E-state index in [1.165, 1.54) is 7.11 Å². The molecule has 1 aliphatic heterocycles. The predicted molar refractivity (Wildman–Crippen MR) is 90.2 cm³/mol. The van der Waals surface area contributed by atoms with Crippen molar-refractivity contribution in [2.75, 3.05) is 13.7 Å². The third kappa shape index (κ3) is 4.29. The van der Waals surface area contributed by atoms with Gasteiger partial charge in [-0.3, -0.25) is 0 Å². The molecule has 1 aromatic carbocycles. The number of rotatable bonds is 6. The van der Waals surface area contributed by atoms with Crippen molar-refractivity contribution in [3.05, 3.63) is 29.8 Å². The Morgan fingerprint density at radius 3 is 2.21 bits per heavy atom. The first kappa shape index (κ1) is 18.8. The highest BCUT2D eigenvalue weighted by molar-refractivity contribution is 6.45. The molecule has 132 valence electrons. The van der Waals surface area contributed by atoms with E-state index in [1.807, 2.05) is 27.7 Å². The summed E-state index contributed by atoms with van der Waals surface area (Å²) in [7, 11) is 0.869. The third-order valence-electron chi connectivity index (χ3n) is 4.48. The van der Waals surface area contributed by atoms with Gasteiger partial charge in [0.15, 0.2) is 0 Å². The molecule has 1 heterocycles. The van der Waals surface area contributed by atoms with Gasteiger partial charge in [0.05, 0.1) is 30.0 Å². The minimum absolute atomic E-state index is 0.113. The molecule has 0 aromatic heterocycles. The normalized spacial score (nSPS) is 19.8. The molecule has 0 bridgehead atoms. The average Bonchev–Trinajstić information content (AvgIpc) is 2.71. The number of esters is 1. The summed E-state index contributed by atoms with van der Waals surface area (Å²) in [5.41, 5.74) is -0.383. The third-order valence-corrected chi connectivity index (χ3v) is 4.48. The van der Waals surface area contributed by atoms with E-state index in [1.54, 1.807) is 24.3 Å². The van der Waals surface area contributed by atoms with Gasteiger partial charge < -0.3 is 23.9 Å². The van der Waals surface area contributed by atoms with E-state index >= 15 is 0 Å². The SMILES string of the molecule is COC(=O)c1ccc(OCC(O)CB2OC(C)(C)C(C)(C)O2)cc1. The quantitative estimate of drug-likeness (QED) is 0.635. The van der Waals surface area contributed by atoms with Gasteiger partial charge in [0.25, 0.3) is 0 Å². The lowest BCUT2D eigenvalue weighted by molar-refractivity contribution is 0.00578. The number of aliphatic hydroxyl groups is 1. The van der Waals surface area contributed by atoms with E-state index in [0.29, 0.717) is 17.6 Å². The number of aliphatic hydroxyl groups excluding tert-OH is 1. The predicted octanol–water partition coefficient (Wildman–Crippen LogP) is 2.31. The van der Waals surface area contributed by atoms with Crippen molar-refractivity contribution in [3.8, 4) is 5.75 Å². The molecule has 1 N–H and O–H groups in total. The Labute approximate surface area is 143 Å². The van der Waals surface area contributed by atoms with Gasteiger partial charge in [-0.25, -0.2) is 4.79 Å². The lowest BCUT2D eigenvalue weighted by atomic mass is 9.82. The topological polar surface area (TPSA) is 74.2 Å². The van der Waals surface area contributed by atoms with Crippen LogP contribution >= 0.6 is 0 Å². The first-order valence-corrected chi connectivity index (χ1v) is 7.99. The van der Waals surface area contributed by atoms with E-state index in [4.69, 9.17) is 14.0 Å². The van der Waals surface area contributed by atoms with Gasteiger partial charge in [0, 0.05) is 6.32 Å². The highest BCUT2D eigenvalue weighted by atomic mass is 16.7. The summed E-state index contributed by atoms with van der Waals surface area (Å²) >= 11 is 0. The fourth-order valence-corrected chi connectivity index (χ4v) is 2.35. The number of hydrogen-bond donors (Lipinski definition) is 1. The van der Waals surface area contributed by atoms with Crippen molar-refractivity contribution in [2.45, 2.75) is 51.3 Å². The van der Waals surface area contributed by atoms with Gasteiger partial charge in [0.1, 0.15) is 12.4 Å². The maximum Gasteiger partial charge on any atom is 0.460 e. The van der Waals surface area contributed by atoms with Gasteiger partial charge in [-0.1, -0.05) is 0 Å². The molecule has 0 aliphatic carbocycles. The van der Waals surface area contributed by atoms with Crippen LogP contribution in [0.2, 0.25) is 6.32 Å². The highest BCUT2D eigenvalue weighted by Gasteiger charge is 2.51. The molecule has 0 radical (unpaired) electrons. The molecule has 24 heavy (non-hydrogen) atoms. The Morgan fingerprint density at radius 1 is 1.17 bits per heavy atom. The summed E-state index contributed by atoms with van der Waals surface area (Å²) in [5.74, 6) is 0.165. The number of hydrogen-bond acceptors (Lipinski definition) is 6. The number of benzene rings is 1. The second-order valence-corrected chi connectivity index (χ2v) is 6.90. The Kier molecular flexibility index (Phi) is 5.57. The summed E-state index contributed by atoms with van der Waals surface area (Å²) in [4.78, 5) is 11.4.